The Labute approximate surface area is 165 Å². The van der Waals surface area contributed by atoms with Gasteiger partial charge >= 0.3 is 6.01 Å². The number of ether oxygens (including phenoxy) is 1. The fraction of sp³-hybridized carbons (Fsp3) is 0. The van der Waals surface area contributed by atoms with E-state index < -0.39 is 0 Å². The Hall–Kier alpha value is -4.19. The van der Waals surface area contributed by atoms with Crippen molar-refractivity contribution in [1.29, 1.82) is 0 Å². The van der Waals surface area contributed by atoms with Gasteiger partial charge < -0.3 is 9.30 Å². The fourth-order valence-electron chi connectivity index (χ4n) is 3.40. The van der Waals surface area contributed by atoms with Gasteiger partial charge in [0.25, 0.3) is 5.56 Å². The molecule has 6 nitrogen and oxygen atoms in total. The molecule has 6 heteroatoms. The van der Waals surface area contributed by atoms with Gasteiger partial charge in [-0.05, 0) is 42.0 Å². The van der Waals surface area contributed by atoms with Crippen molar-refractivity contribution >= 4 is 27.9 Å². The van der Waals surface area contributed by atoms with Crippen LogP contribution in [0.15, 0.2) is 84.6 Å². The zero-order valence-electron chi connectivity index (χ0n) is 15.4. The summed E-state index contributed by atoms with van der Waals surface area (Å²) < 4.78 is 7.92. The minimum absolute atomic E-state index is 0.131. The first-order valence-electron chi connectivity index (χ1n) is 9.08. The number of fused-ring (bicyclic) bond motifs is 2. The SMILES string of the molecule is C=Cc1ccccc1-n1ccc2cc(Oc3nc4cnccc4c(=O)[nH]3)ccc21. The molecule has 1 N–H and O–H groups in total. The molecule has 0 radical (unpaired) electrons. The van der Waals surface area contributed by atoms with Crippen LogP contribution in [0.2, 0.25) is 0 Å². The molecular weight excluding hydrogens is 364 g/mol. The van der Waals surface area contributed by atoms with Crippen molar-refractivity contribution in [2.45, 2.75) is 0 Å². The van der Waals surface area contributed by atoms with Gasteiger partial charge in [0.2, 0.25) is 0 Å². The number of benzene rings is 2. The molecule has 5 aromatic rings. The number of nitrogens with zero attached hydrogens (tertiary/aromatic N) is 3. The Kier molecular flexibility index (Phi) is 3.95. The molecule has 5 rings (SSSR count). The van der Waals surface area contributed by atoms with Crippen LogP contribution in [-0.4, -0.2) is 19.5 Å². The van der Waals surface area contributed by atoms with E-state index in [-0.39, 0.29) is 11.6 Å². The Balaban J connectivity index is 1.53. The van der Waals surface area contributed by atoms with E-state index >= 15 is 0 Å². The average Bonchev–Trinajstić information content (AvgIpc) is 3.17. The molecule has 0 spiro atoms. The first-order valence-corrected chi connectivity index (χ1v) is 9.08. The van der Waals surface area contributed by atoms with Gasteiger partial charge in [0.15, 0.2) is 0 Å². The molecule has 2 aromatic carbocycles. The van der Waals surface area contributed by atoms with Gasteiger partial charge in [-0.25, -0.2) is 0 Å². The van der Waals surface area contributed by atoms with E-state index in [4.69, 9.17) is 4.74 Å². The molecule has 0 amide bonds. The van der Waals surface area contributed by atoms with Gasteiger partial charge in [0, 0.05) is 17.8 Å². The summed E-state index contributed by atoms with van der Waals surface area (Å²) in [5.74, 6) is 0.582. The highest BCUT2D eigenvalue weighted by atomic mass is 16.5. The van der Waals surface area contributed by atoms with Crippen molar-refractivity contribution < 1.29 is 4.74 Å². The second-order valence-electron chi connectivity index (χ2n) is 6.54. The Morgan fingerprint density at radius 2 is 2.00 bits per heavy atom. The fourth-order valence-corrected chi connectivity index (χ4v) is 3.40. The first-order chi connectivity index (χ1) is 14.2. The Morgan fingerprint density at radius 1 is 1.10 bits per heavy atom. The number of para-hydroxylation sites is 1. The number of aromatic amines is 1. The van der Waals surface area contributed by atoms with Gasteiger partial charge in [0.1, 0.15) is 5.75 Å². The molecule has 3 heterocycles. The van der Waals surface area contributed by atoms with Crippen LogP contribution in [0, 0.1) is 0 Å². The van der Waals surface area contributed by atoms with E-state index in [1.807, 2.05) is 54.7 Å². The van der Waals surface area contributed by atoms with Crippen LogP contribution in [0.4, 0.5) is 0 Å². The lowest BCUT2D eigenvalue weighted by Crippen LogP contribution is -2.09. The second-order valence-corrected chi connectivity index (χ2v) is 6.54. The number of pyridine rings is 1. The largest absolute Gasteiger partial charge is 0.426 e. The van der Waals surface area contributed by atoms with Gasteiger partial charge in [0.05, 0.1) is 28.3 Å². The number of rotatable bonds is 4. The van der Waals surface area contributed by atoms with Gasteiger partial charge in [-0.1, -0.05) is 30.9 Å². The number of aromatic nitrogens is 4. The zero-order valence-corrected chi connectivity index (χ0v) is 15.4. The Morgan fingerprint density at radius 3 is 2.90 bits per heavy atom. The molecule has 0 aliphatic carbocycles. The van der Waals surface area contributed by atoms with Crippen molar-refractivity contribution in [2.24, 2.45) is 0 Å². The van der Waals surface area contributed by atoms with Crippen molar-refractivity contribution in [3.05, 3.63) is 95.7 Å². The molecule has 0 unspecified atom stereocenters. The molecule has 140 valence electrons. The summed E-state index contributed by atoms with van der Waals surface area (Å²) >= 11 is 0. The van der Waals surface area contributed by atoms with Gasteiger partial charge in [-0.3, -0.25) is 14.8 Å². The lowest BCUT2D eigenvalue weighted by Gasteiger charge is -2.10. The van der Waals surface area contributed by atoms with E-state index in [1.54, 1.807) is 12.3 Å². The summed E-state index contributed by atoms with van der Waals surface area (Å²) in [4.78, 5) is 23.2. The van der Waals surface area contributed by atoms with Crippen LogP contribution in [0.25, 0.3) is 33.6 Å². The molecule has 0 fully saturated rings. The van der Waals surface area contributed by atoms with Crippen LogP contribution < -0.4 is 10.3 Å². The van der Waals surface area contributed by atoms with Crippen molar-refractivity contribution in [3.63, 3.8) is 0 Å². The van der Waals surface area contributed by atoms with E-state index in [0.29, 0.717) is 16.7 Å². The number of hydrogen-bond acceptors (Lipinski definition) is 4. The highest BCUT2D eigenvalue weighted by Crippen LogP contribution is 2.28. The van der Waals surface area contributed by atoms with Gasteiger partial charge in [-0.15, -0.1) is 0 Å². The van der Waals surface area contributed by atoms with Crippen LogP contribution in [0.3, 0.4) is 0 Å². The molecule has 0 saturated carbocycles. The third-order valence-corrected chi connectivity index (χ3v) is 4.78. The van der Waals surface area contributed by atoms with Crippen molar-refractivity contribution in [3.8, 4) is 17.4 Å². The molecule has 29 heavy (non-hydrogen) atoms. The van der Waals surface area contributed by atoms with Crippen LogP contribution in [0.1, 0.15) is 5.56 Å². The van der Waals surface area contributed by atoms with E-state index in [9.17, 15) is 4.79 Å². The van der Waals surface area contributed by atoms with Crippen molar-refractivity contribution in [1.82, 2.24) is 19.5 Å². The summed E-state index contributed by atoms with van der Waals surface area (Å²) in [6.07, 6.45) is 6.95. The predicted molar refractivity (Wildman–Crippen MR) is 114 cm³/mol. The number of H-pyrrole nitrogens is 1. The minimum atomic E-state index is -0.263. The van der Waals surface area contributed by atoms with E-state index in [2.05, 4.69) is 32.2 Å². The summed E-state index contributed by atoms with van der Waals surface area (Å²) in [5.41, 5.74) is 3.37. The normalized spacial score (nSPS) is 11.0. The quantitative estimate of drug-likeness (QED) is 0.491. The lowest BCUT2D eigenvalue weighted by molar-refractivity contribution is 0.443. The third kappa shape index (κ3) is 2.96. The molecule has 0 saturated heterocycles. The van der Waals surface area contributed by atoms with Crippen molar-refractivity contribution in [2.75, 3.05) is 0 Å². The molecule has 0 aliphatic heterocycles. The smallest absolute Gasteiger partial charge is 0.302 e. The highest BCUT2D eigenvalue weighted by molar-refractivity contribution is 5.84. The maximum Gasteiger partial charge on any atom is 0.302 e. The number of hydrogen-bond donors (Lipinski definition) is 1. The Bertz CT molecular complexity index is 1430. The maximum atomic E-state index is 12.2. The molecular formula is C23H16N4O2. The van der Waals surface area contributed by atoms with E-state index in [0.717, 1.165) is 22.2 Å². The predicted octanol–water partition coefficient (Wildman–Crippen LogP) is 4.70. The number of nitrogens with one attached hydrogen (secondary N) is 1. The van der Waals surface area contributed by atoms with E-state index in [1.165, 1.54) is 6.20 Å². The topological polar surface area (TPSA) is 72.8 Å². The third-order valence-electron chi connectivity index (χ3n) is 4.78. The maximum absolute atomic E-state index is 12.2. The minimum Gasteiger partial charge on any atom is -0.426 e. The molecule has 0 bridgehead atoms. The molecule has 3 aromatic heterocycles. The molecule has 0 aliphatic rings. The highest BCUT2D eigenvalue weighted by Gasteiger charge is 2.09. The van der Waals surface area contributed by atoms with Crippen LogP contribution in [0.5, 0.6) is 11.8 Å². The van der Waals surface area contributed by atoms with Crippen LogP contribution >= 0.6 is 0 Å². The van der Waals surface area contributed by atoms with Gasteiger partial charge in [-0.2, -0.15) is 4.98 Å². The summed E-state index contributed by atoms with van der Waals surface area (Å²) in [5, 5.41) is 1.48. The summed E-state index contributed by atoms with van der Waals surface area (Å²) in [7, 11) is 0. The zero-order chi connectivity index (χ0) is 19.8. The van der Waals surface area contributed by atoms with Crippen LogP contribution in [-0.2, 0) is 0 Å². The average molecular weight is 380 g/mol. The monoisotopic (exact) mass is 380 g/mol. The summed E-state index contributed by atoms with van der Waals surface area (Å²) in [6, 6.07) is 17.6. The standard InChI is InChI=1S/C23H16N4O2/c1-2-15-5-3-4-6-20(15)27-12-10-16-13-17(7-8-21(16)27)29-23-25-19-14-24-11-9-18(19)22(28)26-23/h2-14H,1H2,(H,25,26,28). The second kappa shape index (κ2) is 6.76. The first kappa shape index (κ1) is 16.9. The summed E-state index contributed by atoms with van der Waals surface area (Å²) in [6.45, 7) is 3.90. The molecule has 0 atom stereocenters. The lowest BCUT2D eigenvalue weighted by atomic mass is 10.1.